The molecule has 2 aromatic heterocycles. The van der Waals surface area contributed by atoms with Crippen molar-refractivity contribution in [3.05, 3.63) is 28.8 Å². The number of hydrogen-bond donors (Lipinski definition) is 0. The number of ether oxygens (including phenoxy) is 1. The molecule has 0 aliphatic heterocycles. The molecule has 0 aromatic carbocycles. The van der Waals surface area contributed by atoms with E-state index in [1.807, 2.05) is 18.3 Å². The number of fused-ring (bicyclic) bond motifs is 1. The Kier molecular flexibility index (Phi) is 2.82. The van der Waals surface area contributed by atoms with Crippen LogP contribution in [0.4, 0.5) is 0 Å². The summed E-state index contributed by atoms with van der Waals surface area (Å²) in [4.78, 5) is 4.67. The summed E-state index contributed by atoms with van der Waals surface area (Å²) in [6.45, 7) is 0. The van der Waals surface area contributed by atoms with Crippen LogP contribution in [0.15, 0.2) is 22.9 Å². The van der Waals surface area contributed by atoms with E-state index in [1.54, 1.807) is 7.11 Å². The SMILES string of the molecule is COc1ccc2c(Br)nc(C3CCCC3)n2c1. The molecule has 0 spiro atoms. The highest BCUT2D eigenvalue weighted by atomic mass is 79.9. The van der Waals surface area contributed by atoms with Gasteiger partial charge in [-0.1, -0.05) is 12.8 Å². The van der Waals surface area contributed by atoms with Crippen molar-refractivity contribution in [2.24, 2.45) is 0 Å². The number of nitrogens with zero attached hydrogens (tertiary/aromatic N) is 2. The molecule has 90 valence electrons. The van der Waals surface area contributed by atoms with Crippen LogP contribution in [0, 0.1) is 0 Å². The predicted molar refractivity (Wildman–Crippen MR) is 70.7 cm³/mol. The van der Waals surface area contributed by atoms with E-state index in [9.17, 15) is 0 Å². The largest absolute Gasteiger partial charge is 0.495 e. The Morgan fingerprint density at radius 1 is 1.35 bits per heavy atom. The van der Waals surface area contributed by atoms with Gasteiger partial charge in [0.05, 0.1) is 18.8 Å². The monoisotopic (exact) mass is 294 g/mol. The Labute approximate surface area is 109 Å². The summed E-state index contributed by atoms with van der Waals surface area (Å²) in [5.41, 5.74) is 1.12. The van der Waals surface area contributed by atoms with E-state index >= 15 is 0 Å². The normalized spacial score (nSPS) is 16.8. The molecule has 0 amide bonds. The molecular weight excluding hydrogens is 280 g/mol. The van der Waals surface area contributed by atoms with Crippen molar-refractivity contribution in [1.29, 1.82) is 0 Å². The zero-order valence-electron chi connectivity index (χ0n) is 9.82. The van der Waals surface area contributed by atoms with Gasteiger partial charge in [-0.3, -0.25) is 4.40 Å². The summed E-state index contributed by atoms with van der Waals surface area (Å²) >= 11 is 3.54. The van der Waals surface area contributed by atoms with Gasteiger partial charge >= 0.3 is 0 Å². The Bertz CT molecular complexity index is 544. The summed E-state index contributed by atoms with van der Waals surface area (Å²) in [7, 11) is 1.70. The lowest BCUT2D eigenvalue weighted by Gasteiger charge is -2.08. The molecule has 0 saturated heterocycles. The lowest BCUT2D eigenvalue weighted by molar-refractivity contribution is 0.412. The zero-order chi connectivity index (χ0) is 11.8. The second-order valence-corrected chi connectivity index (χ2v) is 5.32. The third kappa shape index (κ3) is 1.84. The van der Waals surface area contributed by atoms with Gasteiger partial charge in [0.1, 0.15) is 16.2 Å². The van der Waals surface area contributed by atoms with Crippen LogP contribution >= 0.6 is 15.9 Å². The van der Waals surface area contributed by atoms with Gasteiger partial charge < -0.3 is 4.74 Å². The molecule has 0 unspecified atom stereocenters. The van der Waals surface area contributed by atoms with Gasteiger partial charge in [0, 0.05) is 5.92 Å². The zero-order valence-corrected chi connectivity index (χ0v) is 11.4. The standard InChI is InChI=1S/C13H15BrN2O/c1-17-10-6-7-11-12(14)15-13(16(11)8-10)9-4-2-3-5-9/h6-9H,2-5H2,1H3. The van der Waals surface area contributed by atoms with E-state index in [1.165, 1.54) is 31.5 Å². The Balaban J connectivity index is 2.16. The fraction of sp³-hybridized carbons (Fsp3) is 0.462. The van der Waals surface area contributed by atoms with Crippen molar-refractivity contribution in [2.75, 3.05) is 7.11 Å². The Morgan fingerprint density at radius 2 is 2.12 bits per heavy atom. The Morgan fingerprint density at radius 3 is 2.82 bits per heavy atom. The molecule has 3 nitrogen and oxygen atoms in total. The lowest BCUT2D eigenvalue weighted by atomic mass is 10.1. The van der Waals surface area contributed by atoms with Crippen molar-refractivity contribution in [1.82, 2.24) is 9.38 Å². The lowest BCUT2D eigenvalue weighted by Crippen LogP contribution is -2.00. The fourth-order valence-electron chi connectivity index (χ4n) is 2.64. The minimum atomic E-state index is 0.598. The Hall–Kier alpha value is -1.03. The molecule has 1 aliphatic rings. The minimum Gasteiger partial charge on any atom is -0.495 e. The molecule has 0 atom stereocenters. The van der Waals surface area contributed by atoms with E-state index in [4.69, 9.17) is 4.74 Å². The molecule has 0 bridgehead atoms. The second-order valence-electron chi connectivity index (χ2n) is 4.57. The number of hydrogen-bond acceptors (Lipinski definition) is 2. The summed E-state index contributed by atoms with van der Waals surface area (Å²) in [6, 6.07) is 4.02. The second kappa shape index (κ2) is 4.33. The van der Waals surface area contributed by atoms with E-state index < -0.39 is 0 Å². The summed E-state index contributed by atoms with van der Waals surface area (Å²) < 4.78 is 8.38. The highest BCUT2D eigenvalue weighted by molar-refractivity contribution is 9.10. The maximum Gasteiger partial charge on any atom is 0.135 e. The molecule has 1 aliphatic carbocycles. The number of methoxy groups -OCH3 is 1. The van der Waals surface area contributed by atoms with Crippen LogP contribution in [0.5, 0.6) is 5.75 Å². The van der Waals surface area contributed by atoms with Crippen LogP contribution in [-0.4, -0.2) is 16.5 Å². The van der Waals surface area contributed by atoms with Crippen LogP contribution in [-0.2, 0) is 0 Å². The van der Waals surface area contributed by atoms with E-state index in [0.29, 0.717) is 5.92 Å². The highest BCUT2D eigenvalue weighted by Crippen LogP contribution is 2.35. The molecule has 17 heavy (non-hydrogen) atoms. The smallest absolute Gasteiger partial charge is 0.135 e. The van der Waals surface area contributed by atoms with Crippen LogP contribution in [0.2, 0.25) is 0 Å². The predicted octanol–water partition coefficient (Wildman–Crippen LogP) is 3.76. The number of imidazole rings is 1. The molecule has 0 N–H and O–H groups in total. The first-order valence-electron chi connectivity index (χ1n) is 6.01. The first-order valence-corrected chi connectivity index (χ1v) is 6.80. The molecule has 3 rings (SSSR count). The summed E-state index contributed by atoms with van der Waals surface area (Å²) in [5, 5.41) is 0. The van der Waals surface area contributed by atoms with Crippen molar-refractivity contribution in [3.63, 3.8) is 0 Å². The average Bonchev–Trinajstić information content (AvgIpc) is 2.97. The van der Waals surface area contributed by atoms with Crippen LogP contribution in [0.3, 0.4) is 0 Å². The molecular formula is C13H15BrN2O. The van der Waals surface area contributed by atoms with Gasteiger partial charge in [0.25, 0.3) is 0 Å². The van der Waals surface area contributed by atoms with E-state index in [2.05, 4.69) is 25.3 Å². The highest BCUT2D eigenvalue weighted by Gasteiger charge is 2.22. The number of rotatable bonds is 2. The summed E-state index contributed by atoms with van der Waals surface area (Å²) in [5.74, 6) is 2.64. The molecule has 4 heteroatoms. The van der Waals surface area contributed by atoms with Crippen molar-refractivity contribution < 1.29 is 4.74 Å². The van der Waals surface area contributed by atoms with Gasteiger partial charge in [-0.05, 0) is 40.9 Å². The third-order valence-electron chi connectivity index (χ3n) is 3.55. The first-order chi connectivity index (χ1) is 8.29. The molecule has 1 saturated carbocycles. The van der Waals surface area contributed by atoms with Gasteiger partial charge in [-0.25, -0.2) is 4.98 Å². The summed E-state index contributed by atoms with van der Waals surface area (Å²) in [6.07, 6.45) is 7.18. The quantitative estimate of drug-likeness (QED) is 0.843. The third-order valence-corrected chi connectivity index (χ3v) is 4.13. The van der Waals surface area contributed by atoms with Crippen molar-refractivity contribution in [2.45, 2.75) is 31.6 Å². The molecule has 1 fully saturated rings. The average molecular weight is 295 g/mol. The first kappa shape index (κ1) is 11.1. The molecule has 2 heterocycles. The van der Waals surface area contributed by atoms with Crippen LogP contribution in [0.1, 0.15) is 37.4 Å². The van der Waals surface area contributed by atoms with Crippen molar-refractivity contribution in [3.8, 4) is 5.75 Å². The van der Waals surface area contributed by atoms with Crippen molar-refractivity contribution >= 4 is 21.4 Å². The van der Waals surface area contributed by atoms with Gasteiger partial charge in [-0.2, -0.15) is 0 Å². The van der Waals surface area contributed by atoms with Crippen LogP contribution in [0.25, 0.3) is 5.52 Å². The van der Waals surface area contributed by atoms with E-state index in [0.717, 1.165) is 15.9 Å². The van der Waals surface area contributed by atoms with Gasteiger partial charge in [-0.15, -0.1) is 0 Å². The number of pyridine rings is 1. The van der Waals surface area contributed by atoms with Gasteiger partial charge in [0.2, 0.25) is 0 Å². The fourth-order valence-corrected chi connectivity index (χ4v) is 3.15. The maximum atomic E-state index is 5.29. The minimum absolute atomic E-state index is 0.598. The van der Waals surface area contributed by atoms with Crippen LogP contribution < -0.4 is 4.74 Å². The number of aromatic nitrogens is 2. The van der Waals surface area contributed by atoms with E-state index in [-0.39, 0.29) is 0 Å². The maximum absolute atomic E-state index is 5.29. The topological polar surface area (TPSA) is 26.5 Å². The molecule has 0 radical (unpaired) electrons. The number of halogens is 1. The molecule has 2 aromatic rings. The van der Waals surface area contributed by atoms with Gasteiger partial charge in [0.15, 0.2) is 0 Å².